The van der Waals surface area contributed by atoms with Crippen LogP contribution < -0.4 is 0 Å². The highest BCUT2D eigenvalue weighted by Gasteiger charge is 2.47. The number of sulfone groups is 1. The van der Waals surface area contributed by atoms with Crippen LogP contribution in [0.1, 0.15) is 21.9 Å². The number of hydrogen-bond acceptors (Lipinski definition) is 5. The molecule has 1 aromatic heterocycles. The number of fused-ring (bicyclic) bond motifs is 3. The van der Waals surface area contributed by atoms with Crippen molar-refractivity contribution in [3.05, 3.63) is 41.5 Å². The number of alkyl halides is 6. The lowest BCUT2D eigenvalue weighted by molar-refractivity contribution is -0.145. The quantitative estimate of drug-likeness (QED) is 0.605. The van der Waals surface area contributed by atoms with Crippen LogP contribution in [0.2, 0.25) is 0 Å². The summed E-state index contributed by atoms with van der Waals surface area (Å²) in [7, 11) is -5.71. The molecule has 0 N–H and O–H groups in total. The SMILES string of the molecule is O=C1c2cc(S(=O)(=O)C(F)(F)F)ccc2-c2cnc(C(F)(F)F)nc21. The first kappa shape index (κ1) is 17.3. The molecule has 1 aromatic carbocycles. The van der Waals surface area contributed by atoms with E-state index in [0.717, 1.165) is 6.07 Å². The van der Waals surface area contributed by atoms with Crippen molar-refractivity contribution in [2.45, 2.75) is 16.6 Å². The third-order valence-electron chi connectivity index (χ3n) is 3.40. The molecule has 0 bridgehead atoms. The maximum Gasteiger partial charge on any atom is 0.501 e. The number of rotatable bonds is 1. The van der Waals surface area contributed by atoms with Crippen LogP contribution >= 0.6 is 0 Å². The van der Waals surface area contributed by atoms with Gasteiger partial charge in [-0.1, -0.05) is 6.07 Å². The molecule has 0 fully saturated rings. The summed E-state index contributed by atoms with van der Waals surface area (Å²) in [6, 6.07) is 1.98. The van der Waals surface area contributed by atoms with E-state index in [1.165, 1.54) is 0 Å². The van der Waals surface area contributed by atoms with Crippen molar-refractivity contribution in [1.82, 2.24) is 9.97 Å². The third kappa shape index (κ3) is 2.56. The molecule has 12 heteroatoms. The van der Waals surface area contributed by atoms with E-state index in [0.29, 0.717) is 18.3 Å². The topological polar surface area (TPSA) is 77.0 Å². The number of benzene rings is 1. The predicted octanol–water partition coefficient (Wildman–Crippen LogP) is 3.00. The molecule has 0 saturated heterocycles. The number of ketones is 1. The van der Waals surface area contributed by atoms with Crippen LogP contribution in [-0.4, -0.2) is 29.7 Å². The average Bonchev–Trinajstić information content (AvgIpc) is 2.78. The van der Waals surface area contributed by atoms with Crippen LogP contribution in [0.15, 0.2) is 29.3 Å². The molecule has 0 radical (unpaired) electrons. The van der Waals surface area contributed by atoms with E-state index in [-0.39, 0.29) is 11.1 Å². The molecule has 0 atom stereocenters. The predicted molar refractivity (Wildman–Crippen MR) is 69.1 cm³/mol. The number of halogens is 6. The average molecular weight is 382 g/mol. The van der Waals surface area contributed by atoms with Crippen LogP contribution in [-0.2, 0) is 16.0 Å². The summed E-state index contributed by atoms with van der Waals surface area (Å²) in [5.74, 6) is -2.70. The molecule has 0 spiro atoms. The summed E-state index contributed by atoms with van der Waals surface area (Å²) in [5, 5.41) is 0. The first-order valence-electron chi connectivity index (χ1n) is 6.29. The lowest BCUT2D eigenvalue weighted by Crippen LogP contribution is -2.23. The Bertz CT molecular complexity index is 1010. The van der Waals surface area contributed by atoms with E-state index in [1.54, 1.807) is 0 Å². The van der Waals surface area contributed by atoms with Gasteiger partial charge in [-0.2, -0.15) is 26.3 Å². The van der Waals surface area contributed by atoms with E-state index in [9.17, 15) is 39.6 Å². The Labute approximate surface area is 135 Å². The Balaban J connectivity index is 2.16. The van der Waals surface area contributed by atoms with Gasteiger partial charge in [-0.25, -0.2) is 18.4 Å². The zero-order chi connectivity index (χ0) is 18.8. The molecule has 1 heterocycles. The van der Waals surface area contributed by atoms with Crippen LogP contribution in [0.4, 0.5) is 26.3 Å². The van der Waals surface area contributed by atoms with Gasteiger partial charge in [-0.15, -0.1) is 0 Å². The minimum absolute atomic E-state index is 0.0464. The van der Waals surface area contributed by atoms with E-state index < -0.39 is 49.3 Å². The standard InChI is InChI=1S/C13H4F6N2O3S/c14-12(15,16)11-20-4-8-6-2-1-5(25(23,24)13(17,18)19)3-7(6)10(22)9(8)21-11/h1-4H. The normalized spacial score (nSPS) is 14.4. The zero-order valence-corrected chi connectivity index (χ0v) is 12.4. The first-order chi connectivity index (χ1) is 11.3. The van der Waals surface area contributed by atoms with Crippen molar-refractivity contribution >= 4 is 15.6 Å². The molecule has 0 aliphatic heterocycles. The summed E-state index contributed by atoms with van der Waals surface area (Å²) < 4.78 is 98.5. The van der Waals surface area contributed by atoms with Crippen molar-refractivity contribution in [2.75, 3.05) is 0 Å². The largest absolute Gasteiger partial charge is 0.501 e. The van der Waals surface area contributed by atoms with Gasteiger partial charge in [-0.05, 0) is 17.7 Å². The van der Waals surface area contributed by atoms with Crippen LogP contribution in [0.3, 0.4) is 0 Å². The molecule has 25 heavy (non-hydrogen) atoms. The number of carbonyl (C=O) groups excluding carboxylic acids is 1. The highest BCUT2D eigenvalue weighted by atomic mass is 32.2. The van der Waals surface area contributed by atoms with Crippen LogP contribution in [0.25, 0.3) is 11.1 Å². The third-order valence-corrected chi connectivity index (χ3v) is 4.88. The van der Waals surface area contributed by atoms with E-state index in [4.69, 9.17) is 0 Å². The van der Waals surface area contributed by atoms with Crippen molar-refractivity contribution < 1.29 is 39.6 Å². The van der Waals surface area contributed by atoms with Gasteiger partial charge in [0, 0.05) is 17.3 Å². The monoisotopic (exact) mass is 382 g/mol. The lowest BCUT2D eigenvalue weighted by Gasteiger charge is -2.09. The second-order valence-electron chi connectivity index (χ2n) is 4.94. The summed E-state index contributed by atoms with van der Waals surface area (Å²) >= 11 is 0. The van der Waals surface area contributed by atoms with Gasteiger partial charge in [0.15, 0.2) is 0 Å². The Hall–Kier alpha value is -2.50. The van der Waals surface area contributed by atoms with Gasteiger partial charge in [0.05, 0.1) is 4.90 Å². The van der Waals surface area contributed by atoms with Gasteiger partial charge in [0.1, 0.15) is 5.69 Å². The fourth-order valence-corrected chi connectivity index (χ4v) is 3.05. The first-order valence-corrected chi connectivity index (χ1v) is 7.77. The van der Waals surface area contributed by atoms with Crippen LogP contribution in [0, 0.1) is 0 Å². The number of aromatic nitrogens is 2. The number of hydrogen-bond donors (Lipinski definition) is 0. The Morgan fingerprint density at radius 3 is 2.12 bits per heavy atom. The van der Waals surface area contributed by atoms with Crippen LogP contribution in [0.5, 0.6) is 0 Å². The van der Waals surface area contributed by atoms with Gasteiger partial charge >= 0.3 is 11.7 Å². The molecule has 0 amide bonds. The smallest absolute Gasteiger partial charge is 0.287 e. The number of nitrogens with zero attached hydrogens (tertiary/aromatic N) is 2. The maximum absolute atomic E-state index is 12.6. The van der Waals surface area contributed by atoms with Crippen molar-refractivity contribution in [1.29, 1.82) is 0 Å². The Kier molecular flexibility index (Phi) is 3.47. The molecule has 5 nitrogen and oxygen atoms in total. The molecular weight excluding hydrogens is 378 g/mol. The molecule has 1 aliphatic rings. The Morgan fingerprint density at radius 1 is 0.920 bits per heavy atom. The van der Waals surface area contributed by atoms with Gasteiger partial charge in [0.25, 0.3) is 9.84 Å². The van der Waals surface area contributed by atoms with Crippen molar-refractivity contribution in [3.63, 3.8) is 0 Å². The van der Waals surface area contributed by atoms with Gasteiger partial charge < -0.3 is 0 Å². The summed E-state index contributed by atoms with van der Waals surface area (Å²) in [4.78, 5) is 17.2. The lowest BCUT2D eigenvalue weighted by atomic mass is 10.1. The fourth-order valence-electron chi connectivity index (χ4n) is 2.26. The molecule has 132 valence electrons. The molecule has 1 aliphatic carbocycles. The van der Waals surface area contributed by atoms with Crippen molar-refractivity contribution in [2.24, 2.45) is 0 Å². The highest BCUT2D eigenvalue weighted by Crippen LogP contribution is 2.39. The maximum atomic E-state index is 12.6. The number of carbonyl (C=O) groups is 1. The second kappa shape index (κ2) is 5.00. The van der Waals surface area contributed by atoms with Gasteiger partial charge in [0.2, 0.25) is 11.6 Å². The minimum Gasteiger partial charge on any atom is -0.287 e. The minimum atomic E-state index is -5.71. The fraction of sp³-hybridized carbons (Fsp3) is 0.154. The van der Waals surface area contributed by atoms with E-state index in [1.807, 2.05) is 0 Å². The second-order valence-corrected chi connectivity index (χ2v) is 6.88. The molecule has 0 unspecified atom stereocenters. The molecular formula is C13H4F6N2O3S. The van der Waals surface area contributed by atoms with Crippen molar-refractivity contribution in [3.8, 4) is 11.1 Å². The Morgan fingerprint density at radius 2 is 1.56 bits per heavy atom. The van der Waals surface area contributed by atoms with E-state index in [2.05, 4.69) is 9.97 Å². The molecule has 2 aromatic rings. The highest BCUT2D eigenvalue weighted by molar-refractivity contribution is 7.92. The summed E-state index contributed by atoms with van der Waals surface area (Å²) in [6.07, 6.45) is -4.21. The van der Waals surface area contributed by atoms with E-state index >= 15 is 0 Å². The molecule has 3 rings (SSSR count). The summed E-state index contributed by atoms with van der Waals surface area (Å²) in [6.45, 7) is 0. The molecule has 0 saturated carbocycles. The summed E-state index contributed by atoms with van der Waals surface area (Å²) in [5.41, 5.74) is -6.90. The zero-order valence-electron chi connectivity index (χ0n) is 11.6. The van der Waals surface area contributed by atoms with Gasteiger partial charge in [-0.3, -0.25) is 4.79 Å².